The van der Waals surface area contributed by atoms with E-state index in [2.05, 4.69) is 38.2 Å². The molecule has 3 heterocycles. The van der Waals surface area contributed by atoms with Gasteiger partial charge in [0.25, 0.3) is 0 Å². The molecule has 1 unspecified atom stereocenters. The summed E-state index contributed by atoms with van der Waals surface area (Å²) in [6.45, 7) is 1.99. The molecule has 2 aromatic heterocycles. The molecule has 1 N–H and O–H groups in total. The predicted molar refractivity (Wildman–Crippen MR) is 155 cm³/mol. The maximum Gasteiger partial charge on any atom is 0.356 e. The van der Waals surface area contributed by atoms with E-state index in [-0.39, 0.29) is 11.1 Å². The van der Waals surface area contributed by atoms with E-state index in [1.807, 2.05) is 6.07 Å². The number of aromatic nitrogens is 3. The zero-order chi connectivity index (χ0) is 28.1. The smallest absolute Gasteiger partial charge is 0.356 e. The summed E-state index contributed by atoms with van der Waals surface area (Å²) < 4.78 is 12.2. The first-order valence-corrected chi connectivity index (χ1v) is 14.7. The number of aromatic carboxylic acids is 1. The van der Waals surface area contributed by atoms with Gasteiger partial charge in [0.2, 0.25) is 0 Å². The van der Waals surface area contributed by atoms with Crippen LogP contribution in [0, 0.1) is 0 Å². The van der Waals surface area contributed by atoms with Crippen LogP contribution in [0.1, 0.15) is 71.0 Å². The Morgan fingerprint density at radius 3 is 2.68 bits per heavy atom. The molecule has 1 aliphatic heterocycles. The highest BCUT2D eigenvalue weighted by Gasteiger charge is 2.43. The van der Waals surface area contributed by atoms with Gasteiger partial charge in [0.1, 0.15) is 29.6 Å². The van der Waals surface area contributed by atoms with Gasteiger partial charge in [-0.15, -0.1) is 0 Å². The second-order valence-corrected chi connectivity index (χ2v) is 12.0. The van der Waals surface area contributed by atoms with Gasteiger partial charge in [0.05, 0.1) is 28.0 Å². The average molecular weight is 591 g/mol. The molecule has 7 rings (SSSR count). The Bertz CT molecular complexity index is 1620. The summed E-state index contributed by atoms with van der Waals surface area (Å²) in [6.07, 6.45) is 9.25. The zero-order valence-electron chi connectivity index (χ0n) is 22.3. The molecule has 41 heavy (non-hydrogen) atoms. The number of rotatable bonds is 7. The van der Waals surface area contributed by atoms with E-state index >= 15 is 0 Å². The van der Waals surface area contributed by atoms with Crippen LogP contribution in [-0.4, -0.2) is 39.3 Å². The molecule has 10 heteroatoms. The molecular formula is C31H28Cl2N4O4. The number of hydrogen-bond donors (Lipinski definition) is 1. The Hall–Kier alpha value is -3.62. The summed E-state index contributed by atoms with van der Waals surface area (Å²) in [7, 11) is 0. The highest BCUT2D eigenvalue weighted by atomic mass is 35.5. The summed E-state index contributed by atoms with van der Waals surface area (Å²) in [5, 5.41) is 14.6. The Kier molecular flexibility index (Phi) is 6.63. The lowest BCUT2D eigenvalue weighted by Gasteiger charge is -2.36. The van der Waals surface area contributed by atoms with Crippen LogP contribution >= 0.6 is 23.2 Å². The molecule has 0 amide bonds. The number of carbonyl (C=O) groups is 1. The number of anilines is 1. The fourth-order valence-corrected chi connectivity index (χ4v) is 7.00. The number of fused-ring (bicyclic) bond motifs is 2. The molecule has 2 aromatic carbocycles. The highest BCUT2D eigenvalue weighted by Crippen LogP contribution is 2.47. The van der Waals surface area contributed by atoms with Crippen LogP contribution in [0.3, 0.4) is 0 Å². The number of benzene rings is 2. The number of hydrogen-bond acceptors (Lipinski definition) is 7. The summed E-state index contributed by atoms with van der Waals surface area (Å²) in [4.78, 5) is 21.8. The zero-order valence-corrected chi connectivity index (χ0v) is 23.8. The third-order valence-corrected chi connectivity index (χ3v) is 9.26. The van der Waals surface area contributed by atoms with Crippen LogP contribution in [0.5, 0.6) is 5.75 Å². The number of halogens is 2. The van der Waals surface area contributed by atoms with Crippen molar-refractivity contribution in [3.05, 3.63) is 87.0 Å². The van der Waals surface area contributed by atoms with Gasteiger partial charge in [-0.25, -0.2) is 14.8 Å². The van der Waals surface area contributed by atoms with Gasteiger partial charge in [-0.2, -0.15) is 0 Å². The molecule has 2 fully saturated rings. The van der Waals surface area contributed by atoms with Crippen molar-refractivity contribution in [3.8, 4) is 17.0 Å². The third kappa shape index (κ3) is 4.83. The minimum absolute atomic E-state index is 0.0286. The minimum Gasteiger partial charge on any atom is -0.489 e. The van der Waals surface area contributed by atoms with Gasteiger partial charge >= 0.3 is 5.97 Å². The maximum absolute atomic E-state index is 11.2. The van der Waals surface area contributed by atoms with Gasteiger partial charge in [-0.1, -0.05) is 40.5 Å². The lowest BCUT2D eigenvalue weighted by atomic mass is 9.69. The molecule has 4 aromatic rings. The molecular weight excluding hydrogens is 563 g/mol. The van der Waals surface area contributed by atoms with Crippen LogP contribution in [-0.2, 0) is 18.4 Å². The first kappa shape index (κ1) is 26.3. The van der Waals surface area contributed by atoms with Crippen LogP contribution in [0.15, 0.2) is 53.3 Å². The molecule has 3 aliphatic rings. The standard InChI is InChI=1S/C31H28Cl2N4O4/c32-23-4-1-5-24(33)27(23)28-21(29(41-36-28)18-6-7-18)16-40-20-8-9-22-19(13-20)3-2-10-31(22)11-12-37(17-31)26-15-34-25(14-35-26)30(38)39/h1,4-5,8-9,13-15,18H,2-3,6-7,10-12,16-17H2,(H,38,39). The fourth-order valence-electron chi connectivity index (χ4n) is 6.43. The number of nitrogens with zero attached hydrogens (tertiary/aromatic N) is 4. The summed E-state index contributed by atoms with van der Waals surface area (Å²) >= 11 is 13.0. The summed E-state index contributed by atoms with van der Waals surface area (Å²) in [5.74, 6) is 1.67. The van der Waals surface area contributed by atoms with E-state index in [4.69, 9.17) is 37.6 Å². The van der Waals surface area contributed by atoms with E-state index in [0.717, 1.165) is 68.7 Å². The number of ether oxygens (including phenoxy) is 1. The van der Waals surface area contributed by atoms with Gasteiger partial charge in [0, 0.05) is 30.0 Å². The second kappa shape index (κ2) is 10.3. The largest absolute Gasteiger partial charge is 0.489 e. The molecule has 1 saturated heterocycles. The van der Waals surface area contributed by atoms with Crippen molar-refractivity contribution in [1.29, 1.82) is 0 Å². The van der Waals surface area contributed by atoms with Crippen molar-refractivity contribution in [1.82, 2.24) is 15.1 Å². The van der Waals surface area contributed by atoms with E-state index < -0.39 is 5.97 Å². The summed E-state index contributed by atoms with van der Waals surface area (Å²) in [6, 6.07) is 11.9. The Morgan fingerprint density at radius 1 is 1.12 bits per heavy atom. The molecule has 0 bridgehead atoms. The van der Waals surface area contributed by atoms with Gasteiger partial charge in [-0.3, -0.25) is 0 Å². The van der Waals surface area contributed by atoms with Crippen molar-refractivity contribution in [2.24, 2.45) is 0 Å². The van der Waals surface area contributed by atoms with Crippen molar-refractivity contribution < 1.29 is 19.2 Å². The minimum atomic E-state index is -1.07. The van der Waals surface area contributed by atoms with E-state index in [0.29, 0.717) is 39.6 Å². The SMILES string of the molecule is O=C(O)c1cnc(N2CCC3(CCCc4cc(OCc5c(-c6c(Cl)cccc6Cl)noc5C5CC5)ccc43)C2)cn1. The number of carboxylic acid groups (broad SMARTS) is 1. The van der Waals surface area contributed by atoms with Crippen LogP contribution in [0.2, 0.25) is 10.0 Å². The van der Waals surface area contributed by atoms with E-state index in [1.54, 1.807) is 18.3 Å². The molecule has 210 valence electrons. The normalized spacial score (nSPS) is 19.9. The molecule has 1 spiro atoms. The maximum atomic E-state index is 11.2. The Labute approximate surface area is 247 Å². The molecule has 8 nitrogen and oxygen atoms in total. The molecule has 1 atom stereocenters. The van der Waals surface area contributed by atoms with Gasteiger partial charge in [0.15, 0.2) is 5.69 Å². The topological polar surface area (TPSA) is 102 Å². The predicted octanol–water partition coefficient (Wildman–Crippen LogP) is 7.08. The molecule has 1 saturated carbocycles. The Balaban J connectivity index is 1.12. The fraction of sp³-hybridized carbons (Fsp3) is 0.355. The summed E-state index contributed by atoms with van der Waals surface area (Å²) in [5.41, 5.74) is 4.87. The van der Waals surface area contributed by atoms with Crippen molar-refractivity contribution in [3.63, 3.8) is 0 Å². The second-order valence-electron chi connectivity index (χ2n) is 11.2. The average Bonchev–Trinajstić information content (AvgIpc) is 3.60. The van der Waals surface area contributed by atoms with Gasteiger partial charge < -0.3 is 19.3 Å². The highest BCUT2D eigenvalue weighted by molar-refractivity contribution is 6.39. The van der Waals surface area contributed by atoms with Crippen LogP contribution < -0.4 is 9.64 Å². The van der Waals surface area contributed by atoms with Crippen LogP contribution in [0.25, 0.3) is 11.3 Å². The van der Waals surface area contributed by atoms with Crippen molar-refractivity contribution in [2.75, 3.05) is 18.0 Å². The van der Waals surface area contributed by atoms with Crippen molar-refractivity contribution >= 4 is 35.0 Å². The molecule has 2 aliphatic carbocycles. The number of aryl methyl sites for hydroxylation is 1. The first-order chi connectivity index (χ1) is 19.9. The van der Waals surface area contributed by atoms with Crippen LogP contribution in [0.4, 0.5) is 5.82 Å². The van der Waals surface area contributed by atoms with E-state index in [1.165, 1.54) is 17.3 Å². The van der Waals surface area contributed by atoms with Crippen molar-refractivity contribution in [2.45, 2.75) is 56.5 Å². The first-order valence-electron chi connectivity index (χ1n) is 13.9. The lowest BCUT2D eigenvalue weighted by molar-refractivity contribution is 0.0690. The third-order valence-electron chi connectivity index (χ3n) is 8.63. The molecule has 0 radical (unpaired) electrons. The lowest BCUT2D eigenvalue weighted by Crippen LogP contribution is -2.35. The van der Waals surface area contributed by atoms with Gasteiger partial charge in [-0.05, 0) is 73.9 Å². The monoisotopic (exact) mass is 590 g/mol. The number of carboxylic acids is 1. The quantitative estimate of drug-likeness (QED) is 0.243. The Morgan fingerprint density at radius 2 is 1.95 bits per heavy atom. The van der Waals surface area contributed by atoms with E-state index in [9.17, 15) is 4.79 Å².